The van der Waals surface area contributed by atoms with E-state index >= 15 is 0 Å². The standard InChI is InChI=1S/C19H21NO5/c1-19(18(22)23,14-7-5-4-6-8-14)12-20-17(21)13-9-15(24-2)11-16(10-13)25-3/h4-11H,12H2,1-3H3,(H,20,21)(H,22,23). The summed E-state index contributed by atoms with van der Waals surface area (Å²) in [6.07, 6.45) is 0. The Hall–Kier alpha value is -3.02. The molecule has 0 aliphatic heterocycles. The van der Waals surface area contributed by atoms with Crippen LogP contribution in [0.5, 0.6) is 11.5 Å². The molecule has 2 aromatic carbocycles. The van der Waals surface area contributed by atoms with Crippen molar-refractivity contribution in [3.63, 3.8) is 0 Å². The van der Waals surface area contributed by atoms with Gasteiger partial charge in [-0.2, -0.15) is 0 Å². The smallest absolute Gasteiger partial charge is 0.315 e. The number of rotatable bonds is 7. The molecule has 0 aromatic heterocycles. The second-order valence-corrected chi connectivity index (χ2v) is 5.79. The van der Waals surface area contributed by atoms with Crippen LogP contribution in [0.1, 0.15) is 22.8 Å². The van der Waals surface area contributed by atoms with Crippen molar-refractivity contribution in [3.8, 4) is 11.5 Å². The number of ether oxygens (including phenoxy) is 2. The molecule has 2 aromatic rings. The van der Waals surface area contributed by atoms with Crippen molar-refractivity contribution in [2.75, 3.05) is 20.8 Å². The van der Waals surface area contributed by atoms with Gasteiger partial charge in [0.1, 0.15) is 16.9 Å². The van der Waals surface area contributed by atoms with Crippen LogP contribution in [0.4, 0.5) is 0 Å². The van der Waals surface area contributed by atoms with Gasteiger partial charge in [-0.25, -0.2) is 0 Å². The van der Waals surface area contributed by atoms with E-state index in [0.717, 1.165) is 0 Å². The van der Waals surface area contributed by atoms with Gasteiger partial charge >= 0.3 is 5.97 Å². The molecule has 0 saturated carbocycles. The van der Waals surface area contributed by atoms with Crippen molar-refractivity contribution in [1.82, 2.24) is 5.32 Å². The zero-order chi connectivity index (χ0) is 18.4. The van der Waals surface area contributed by atoms with E-state index in [-0.39, 0.29) is 6.54 Å². The van der Waals surface area contributed by atoms with Gasteiger partial charge in [-0.15, -0.1) is 0 Å². The van der Waals surface area contributed by atoms with Gasteiger partial charge in [0.15, 0.2) is 0 Å². The van der Waals surface area contributed by atoms with E-state index in [1.807, 2.05) is 6.07 Å². The van der Waals surface area contributed by atoms with Gasteiger partial charge in [0.25, 0.3) is 5.91 Å². The fraction of sp³-hybridized carbons (Fsp3) is 0.263. The number of benzene rings is 2. The largest absolute Gasteiger partial charge is 0.497 e. The normalized spacial score (nSPS) is 12.8. The number of carboxylic acid groups (broad SMARTS) is 1. The van der Waals surface area contributed by atoms with E-state index in [4.69, 9.17) is 9.47 Å². The molecule has 0 aliphatic rings. The molecule has 2 N–H and O–H groups in total. The number of carboxylic acids is 1. The Labute approximate surface area is 146 Å². The van der Waals surface area contributed by atoms with Crippen LogP contribution in [-0.4, -0.2) is 37.7 Å². The molecule has 6 heteroatoms. The molecule has 0 spiro atoms. The lowest BCUT2D eigenvalue weighted by Crippen LogP contribution is -2.44. The Bertz CT molecular complexity index is 737. The Morgan fingerprint density at radius 3 is 2.08 bits per heavy atom. The highest BCUT2D eigenvalue weighted by Crippen LogP contribution is 2.25. The van der Waals surface area contributed by atoms with Crippen molar-refractivity contribution in [3.05, 3.63) is 59.7 Å². The molecule has 0 bridgehead atoms. The van der Waals surface area contributed by atoms with Gasteiger partial charge in [-0.1, -0.05) is 30.3 Å². The quantitative estimate of drug-likeness (QED) is 0.807. The molecule has 1 unspecified atom stereocenters. The van der Waals surface area contributed by atoms with Crippen molar-refractivity contribution >= 4 is 11.9 Å². The molecular formula is C19H21NO5. The van der Waals surface area contributed by atoms with Crippen LogP contribution in [0, 0.1) is 0 Å². The Kier molecular flexibility index (Phi) is 5.64. The number of aliphatic carboxylic acids is 1. The summed E-state index contributed by atoms with van der Waals surface area (Å²) in [7, 11) is 2.99. The van der Waals surface area contributed by atoms with Crippen LogP contribution < -0.4 is 14.8 Å². The number of amides is 1. The molecule has 25 heavy (non-hydrogen) atoms. The van der Waals surface area contributed by atoms with Crippen LogP contribution in [0.15, 0.2) is 48.5 Å². The summed E-state index contributed by atoms with van der Waals surface area (Å²) in [6, 6.07) is 13.6. The molecule has 132 valence electrons. The maximum absolute atomic E-state index is 12.5. The summed E-state index contributed by atoms with van der Waals surface area (Å²) >= 11 is 0. The molecule has 0 aliphatic carbocycles. The minimum atomic E-state index is -1.24. The molecular weight excluding hydrogens is 322 g/mol. The minimum absolute atomic E-state index is 0.0509. The van der Waals surface area contributed by atoms with Crippen LogP contribution in [0.3, 0.4) is 0 Å². The minimum Gasteiger partial charge on any atom is -0.497 e. The van der Waals surface area contributed by atoms with Gasteiger partial charge in [0, 0.05) is 18.2 Å². The van der Waals surface area contributed by atoms with E-state index in [9.17, 15) is 14.7 Å². The van der Waals surface area contributed by atoms with Crippen molar-refractivity contribution < 1.29 is 24.2 Å². The molecule has 6 nitrogen and oxygen atoms in total. The van der Waals surface area contributed by atoms with Crippen LogP contribution in [0.25, 0.3) is 0 Å². The highest BCUT2D eigenvalue weighted by molar-refractivity contribution is 5.95. The lowest BCUT2D eigenvalue weighted by atomic mass is 9.82. The molecule has 0 radical (unpaired) electrons. The number of methoxy groups -OCH3 is 2. The summed E-state index contributed by atoms with van der Waals surface area (Å²) in [4.78, 5) is 24.2. The van der Waals surface area contributed by atoms with Crippen LogP contribution in [-0.2, 0) is 10.2 Å². The summed E-state index contributed by atoms with van der Waals surface area (Å²) in [5.74, 6) is -0.454. The SMILES string of the molecule is COc1cc(OC)cc(C(=O)NCC(C)(C(=O)O)c2ccccc2)c1. The average molecular weight is 343 g/mol. The topological polar surface area (TPSA) is 84.9 Å². The maximum Gasteiger partial charge on any atom is 0.315 e. The van der Waals surface area contributed by atoms with Crippen molar-refractivity contribution in [2.24, 2.45) is 0 Å². The van der Waals surface area contributed by atoms with E-state index in [2.05, 4.69) is 5.32 Å². The third-order valence-corrected chi connectivity index (χ3v) is 4.10. The predicted molar refractivity (Wildman–Crippen MR) is 93.3 cm³/mol. The first-order valence-electron chi connectivity index (χ1n) is 7.71. The fourth-order valence-corrected chi connectivity index (χ4v) is 2.40. The summed E-state index contributed by atoms with van der Waals surface area (Å²) in [6.45, 7) is 1.53. The van der Waals surface area contributed by atoms with Gasteiger partial charge in [0.2, 0.25) is 0 Å². The first kappa shape index (κ1) is 18.3. The van der Waals surface area contributed by atoms with Gasteiger partial charge in [0.05, 0.1) is 14.2 Å². The average Bonchev–Trinajstić information content (AvgIpc) is 2.65. The lowest BCUT2D eigenvalue weighted by Gasteiger charge is -2.25. The number of carbonyl (C=O) groups is 2. The molecule has 1 amide bonds. The highest BCUT2D eigenvalue weighted by atomic mass is 16.5. The summed E-state index contributed by atoms with van der Waals surface area (Å²) in [5, 5.41) is 12.3. The summed E-state index contributed by atoms with van der Waals surface area (Å²) in [5.41, 5.74) is -0.289. The zero-order valence-electron chi connectivity index (χ0n) is 14.4. The van der Waals surface area contributed by atoms with Crippen molar-refractivity contribution in [1.29, 1.82) is 0 Å². The van der Waals surface area contributed by atoms with Crippen molar-refractivity contribution in [2.45, 2.75) is 12.3 Å². The Balaban J connectivity index is 2.21. The van der Waals surface area contributed by atoms with Crippen LogP contribution in [0.2, 0.25) is 0 Å². The fourth-order valence-electron chi connectivity index (χ4n) is 2.40. The van der Waals surface area contributed by atoms with Gasteiger partial charge in [-0.3, -0.25) is 9.59 Å². The van der Waals surface area contributed by atoms with E-state index in [1.54, 1.807) is 49.4 Å². The zero-order valence-corrected chi connectivity index (χ0v) is 14.4. The second-order valence-electron chi connectivity index (χ2n) is 5.79. The molecule has 2 rings (SSSR count). The summed E-state index contributed by atoms with van der Waals surface area (Å²) < 4.78 is 10.3. The molecule has 0 heterocycles. The Morgan fingerprint density at radius 1 is 1.04 bits per heavy atom. The molecule has 0 fully saturated rings. The van der Waals surface area contributed by atoms with Gasteiger partial charge < -0.3 is 19.9 Å². The number of hydrogen-bond donors (Lipinski definition) is 2. The predicted octanol–water partition coefficient (Wildman–Crippen LogP) is 2.48. The molecule has 1 atom stereocenters. The first-order chi connectivity index (χ1) is 11.9. The second kappa shape index (κ2) is 7.70. The third kappa shape index (κ3) is 4.09. The number of hydrogen-bond acceptors (Lipinski definition) is 4. The van der Waals surface area contributed by atoms with E-state index in [0.29, 0.717) is 22.6 Å². The monoisotopic (exact) mass is 343 g/mol. The highest BCUT2D eigenvalue weighted by Gasteiger charge is 2.35. The third-order valence-electron chi connectivity index (χ3n) is 4.10. The molecule has 0 saturated heterocycles. The van der Waals surface area contributed by atoms with E-state index < -0.39 is 17.3 Å². The van der Waals surface area contributed by atoms with Crippen LogP contribution >= 0.6 is 0 Å². The first-order valence-corrected chi connectivity index (χ1v) is 7.71. The maximum atomic E-state index is 12.5. The lowest BCUT2D eigenvalue weighted by molar-refractivity contribution is -0.142. The van der Waals surface area contributed by atoms with E-state index in [1.165, 1.54) is 14.2 Å². The van der Waals surface area contributed by atoms with Gasteiger partial charge in [-0.05, 0) is 24.6 Å². The number of carbonyl (C=O) groups excluding carboxylic acids is 1. The number of nitrogens with one attached hydrogen (secondary N) is 1. The Morgan fingerprint density at radius 2 is 1.60 bits per heavy atom.